The SMILES string of the molecule is FC(F)Oc1ccc(CCCN2CCCC2)cc1.NC(=O)C1CCN(c2ccccc2)C1. The van der Waals surface area contributed by atoms with Crippen molar-refractivity contribution in [1.29, 1.82) is 0 Å². The van der Waals surface area contributed by atoms with Gasteiger partial charge in [-0.25, -0.2) is 0 Å². The Morgan fingerprint density at radius 2 is 1.72 bits per heavy atom. The van der Waals surface area contributed by atoms with Gasteiger partial charge in [-0.2, -0.15) is 8.78 Å². The van der Waals surface area contributed by atoms with E-state index in [4.69, 9.17) is 5.73 Å². The van der Waals surface area contributed by atoms with Crippen molar-refractivity contribution in [3.05, 3.63) is 60.2 Å². The van der Waals surface area contributed by atoms with Gasteiger partial charge in [-0.05, 0) is 81.6 Å². The number of likely N-dealkylation sites (tertiary alicyclic amines) is 1. The van der Waals surface area contributed by atoms with Gasteiger partial charge in [0.05, 0.1) is 5.92 Å². The maximum absolute atomic E-state index is 12.0. The highest BCUT2D eigenvalue weighted by molar-refractivity contribution is 5.78. The van der Waals surface area contributed by atoms with Gasteiger partial charge in [0, 0.05) is 18.8 Å². The van der Waals surface area contributed by atoms with E-state index in [1.165, 1.54) is 37.2 Å². The third-order valence-electron chi connectivity index (χ3n) is 6.00. The second kappa shape index (κ2) is 12.4. The summed E-state index contributed by atoms with van der Waals surface area (Å²) in [5.74, 6) is 0.0759. The Morgan fingerprint density at radius 1 is 1.03 bits per heavy atom. The summed E-state index contributed by atoms with van der Waals surface area (Å²) in [6.07, 6.45) is 5.63. The summed E-state index contributed by atoms with van der Waals surface area (Å²) >= 11 is 0. The van der Waals surface area contributed by atoms with Crippen LogP contribution in [0.4, 0.5) is 14.5 Å². The van der Waals surface area contributed by atoms with Gasteiger partial charge in [0.2, 0.25) is 5.91 Å². The molecular weight excluding hydrogens is 412 g/mol. The second-order valence-electron chi connectivity index (χ2n) is 8.34. The molecule has 5 nitrogen and oxygen atoms in total. The number of amides is 1. The van der Waals surface area contributed by atoms with Crippen LogP contribution in [0.2, 0.25) is 0 Å². The molecule has 2 aliphatic heterocycles. The zero-order valence-electron chi connectivity index (χ0n) is 18.5. The minimum Gasteiger partial charge on any atom is -0.435 e. The molecule has 1 amide bonds. The maximum Gasteiger partial charge on any atom is 0.387 e. The number of alkyl halides is 2. The van der Waals surface area contributed by atoms with E-state index in [-0.39, 0.29) is 17.6 Å². The van der Waals surface area contributed by atoms with Crippen LogP contribution in [0.1, 0.15) is 31.2 Å². The van der Waals surface area contributed by atoms with Crippen LogP contribution in [0.15, 0.2) is 54.6 Å². The molecule has 174 valence electrons. The third kappa shape index (κ3) is 7.79. The molecule has 2 N–H and O–H groups in total. The van der Waals surface area contributed by atoms with Crippen molar-refractivity contribution >= 4 is 11.6 Å². The lowest BCUT2D eigenvalue weighted by atomic mass is 10.1. The van der Waals surface area contributed by atoms with Crippen LogP contribution < -0.4 is 15.4 Å². The fraction of sp³-hybridized carbons (Fsp3) is 0.480. The average Bonchev–Trinajstić information content (AvgIpc) is 3.48. The molecule has 4 rings (SSSR count). The van der Waals surface area contributed by atoms with E-state index in [2.05, 4.69) is 26.7 Å². The van der Waals surface area contributed by atoms with Crippen LogP contribution in [-0.2, 0) is 11.2 Å². The van der Waals surface area contributed by atoms with Crippen LogP contribution in [0, 0.1) is 5.92 Å². The summed E-state index contributed by atoms with van der Waals surface area (Å²) in [6, 6.07) is 17.1. The van der Waals surface area contributed by atoms with Gasteiger partial charge in [-0.15, -0.1) is 0 Å². The number of anilines is 1. The quantitative estimate of drug-likeness (QED) is 0.658. The van der Waals surface area contributed by atoms with Crippen molar-refractivity contribution in [2.75, 3.05) is 37.6 Å². The summed E-state index contributed by atoms with van der Waals surface area (Å²) in [6.45, 7) is 2.53. The summed E-state index contributed by atoms with van der Waals surface area (Å²) in [5, 5.41) is 0. The van der Waals surface area contributed by atoms with Gasteiger partial charge < -0.3 is 20.3 Å². The molecule has 2 aromatic carbocycles. The number of ether oxygens (including phenoxy) is 1. The van der Waals surface area contributed by atoms with Crippen molar-refractivity contribution < 1.29 is 18.3 Å². The number of nitrogens with two attached hydrogens (primary N) is 1. The van der Waals surface area contributed by atoms with Crippen molar-refractivity contribution in [3.8, 4) is 5.75 Å². The van der Waals surface area contributed by atoms with Gasteiger partial charge >= 0.3 is 6.61 Å². The largest absolute Gasteiger partial charge is 0.435 e. The molecule has 1 atom stereocenters. The third-order valence-corrected chi connectivity index (χ3v) is 6.00. The van der Waals surface area contributed by atoms with E-state index in [0.717, 1.165) is 38.9 Å². The highest BCUT2D eigenvalue weighted by Crippen LogP contribution is 2.23. The van der Waals surface area contributed by atoms with E-state index in [1.54, 1.807) is 12.1 Å². The molecular formula is C25H33F2N3O2. The highest BCUT2D eigenvalue weighted by atomic mass is 19.3. The summed E-state index contributed by atoms with van der Waals surface area (Å²) < 4.78 is 28.3. The fourth-order valence-corrected chi connectivity index (χ4v) is 4.22. The number of benzene rings is 2. The summed E-state index contributed by atoms with van der Waals surface area (Å²) in [7, 11) is 0. The van der Waals surface area contributed by atoms with Crippen LogP contribution in [-0.4, -0.2) is 50.1 Å². The van der Waals surface area contributed by atoms with E-state index in [0.29, 0.717) is 0 Å². The number of carbonyl (C=O) groups is 1. The first kappa shape index (κ1) is 24.0. The second-order valence-corrected chi connectivity index (χ2v) is 8.34. The van der Waals surface area contributed by atoms with Crippen molar-refractivity contribution in [1.82, 2.24) is 4.90 Å². The van der Waals surface area contributed by atoms with E-state index in [9.17, 15) is 13.6 Å². The Labute approximate surface area is 189 Å². The molecule has 0 saturated carbocycles. The van der Waals surface area contributed by atoms with Gasteiger partial charge in [-0.3, -0.25) is 4.79 Å². The predicted octanol–water partition coefficient (Wildman–Crippen LogP) is 4.31. The van der Waals surface area contributed by atoms with E-state index in [1.807, 2.05) is 30.3 Å². The minimum absolute atomic E-state index is 0.0233. The first-order valence-electron chi connectivity index (χ1n) is 11.4. The molecule has 32 heavy (non-hydrogen) atoms. The molecule has 0 radical (unpaired) electrons. The van der Waals surface area contributed by atoms with Gasteiger partial charge in [0.1, 0.15) is 5.75 Å². The zero-order valence-corrected chi connectivity index (χ0v) is 18.5. The number of rotatable bonds is 8. The number of carbonyl (C=O) groups excluding carboxylic acids is 1. The zero-order chi connectivity index (χ0) is 22.8. The Balaban J connectivity index is 0.000000186. The number of hydrogen-bond donors (Lipinski definition) is 1. The smallest absolute Gasteiger partial charge is 0.387 e. The number of halogens is 2. The van der Waals surface area contributed by atoms with Crippen LogP contribution >= 0.6 is 0 Å². The lowest BCUT2D eigenvalue weighted by Crippen LogP contribution is -2.27. The first-order valence-corrected chi connectivity index (χ1v) is 11.4. The topological polar surface area (TPSA) is 58.8 Å². The Bertz CT molecular complexity index is 812. The molecule has 2 saturated heterocycles. The molecule has 0 aromatic heterocycles. The maximum atomic E-state index is 12.0. The predicted molar refractivity (Wildman–Crippen MR) is 123 cm³/mol. The molecule has 2 heterocycles. The Hall–Kier alpha value is -2.67. The number of hydrogen-bond acceptors (Lipinski definition) is 4. The van der Waals surface area contributed by atoms with Crippen molar-refractivity contribution in [2.45, 2.75) is 38.7 Å². The van der Waals surface area contributed by atoms with E-state index < -0.39 is 6.61 Å². The normalized spacial score (nSPS) is 18.5. The van der Waals surface area contributed by atoms with Crippen LogP contribution in [0.3, 0.4) is 0 Å². The molecule has 0 bridgehead atoms. The Morgan fingerprint density at radius 3 is 2.31 bits per heavy atom. The number of nitrogens with zero attached hydrogens (tertiary/aromatic N) is 2. The summed E-state index contributed by atoms with van der Waals surface area (Å²) in [5.41, 5.74) is 7.63. The van der Waals surface area contributed by atoms with Crippen LogP contribution in [0.5, 0.6) is 5.75 Å². The van der Waals surface area contributed by atoms with Gasteiger partial charge in [0.15, 0.2) is 0 Å². The average molecular weight is 446 g/mol. The molecule has 2 aliphatic rings. The lowest BCUT2D eigenvalue weighted by molar-refractivity contribution is -0.121. The molecule has 7 heteroatoms. The fourth-order valence-electron chi connectivity index (χ4n) is 4.22. The number of para-hydroxylation sites is 1. The first-order chi connectivity index (χ1) is 15.5. The van der Waals surface area contributed by atoms with Crippen LogP contribution in [0.25, 0.3) is 0 Å². The Kier molecular flexibility index (Phi) is 9.28. The molecule has 0 aliphatic carbocycles. The number of aryl methyl sites for hydroxylation is 1. The van der Waals surface area contributed by atoms with Crippen molar-refractivity contribution in [2.24, 2.45) is 11.7 Å². The molecule has 2 fully saturated rings. The molecule has 0 spiro atoms. The van der Waals surface area contributed by atoms with Gasteiger partial charge in [0.25, 0.3) is 0 Å². The lowest BCUT2D eigenvalue weighted by Gasteiger charge is -2.17. The van der Waals surface area contributed by atoms with Gasteiger partial charge in [-0.1, -0.05) is 30.3 Å². The van der Waals surface area contributed by atoms with Crippen molar-refractivity contribution in [3.63, 3.8) is 0 Å². The standard InChI is InChI=1S/C14H19F2NO.C11H14N2O/c15-14(16)18-13-7-5-12(6-8-13)4-3-11-17-9-1-2-10-17;12-11(14)9-6-7-13(8-9)10-4-2-1-3-5-10/h5-8,14H,1-4,9-11H2;1-5,9H,6-8H2,(H2,12,14). The highest BCUT2D eigenvalue weighted by Gasteiger charge is 2.26. The molecule has 2 aromatic rings. The monoisotopic (exact) mass is 445 g/mol. The number of primary amides is 1. The van der Waals surface area contributed by atoms with E-state index >= 15 is 0 Å². The molecule has 1 unspecified atom stereocenters. The minimum atomic E-state index is -2.74. The summed E-state index contributed by atoms with van der Waals surface area (Å²) in [4.78, 5) is 15.7.